The van der Waals surface area contributed by atoms with Gasteiger partial charge in [0.05, 0.1) is 17.5 Å². The molecular weight excluding hydrogens is 421 g/mol. The van der Waals surface area contributed by atoms with Crippen molar-refractivity contribution in [1.82, 2.24) is 9.80 Å². The minimum atomic E-state index is -4.45. The van der Waals surface area contributed by atoms with Crippen molar-refractivity contribution in [3.8, 4) is 0 Å². The maximum absolute atomic E-state index is 12.9. The Morgan fingerprint density at radius 2 is 1.84 bits per heavy atom. The number of nitrogens with zero attached hydrogens (tertiary/aromatic N) is 2. The van der Waals surface area contributed by atoms with Gasteiger partial charge in [-0.15, -0.1) is 0 Å². The molecule has 2 heterocycles. The fraction of sp³-hybridized carbons (Fsp3) is 0.652. The zero-order valence-corrected chi connectivity index (χ0v) is 18.9. The van der Waals surface area contributed by atoms with Gasteiger partial charge in [0.1, 0.15) is 0 Å². The smallest absolute Gasteiger partial charge is 0.341 e. The fourth-order valence-corrected chi connectivity index (χ4v) is 4.79. The summed E-state index contributed by atoms with van der Waals surface area (Å²) in [5, 5.41) is 2.65. The van der Waals surface area contributed by atoms with Gasteiger partial charge < -0.3 is 20.9 Å². The van der Waals surface area contributed by atoms with Crippen LogP contribution in [-0.2, 0) is 15.8 Å². The van der Waals surface area contributed by atoms with Crippen molar-refractivity contribution in [3.05, 3.63) is 29.8 Å². The Labute approximate surface area is 187 Å². The number of carbonyl (C=O) groups excluding carboxylic acids is 2. The molecule has 1 aromatic carbocycles. The predicted octanol–water partition coefficient (Wildman–Crippen LogP) is 3.19. The van der Waals surface area contributed by atoms with Crippen LogP contribution in [0.3, 0.4) is 0 Å². The van der Waals surface area contributed by atoms with Crippen molar-refractivity contribution in [3.63, 3.8) is 0 Å². The molecule has 0 unspecified atom stereocenters. The molecule has 3 atom stereocenters. The molecule has 2 aliphatic rings. The summed E-state index contributed by atoms with van der Waals surface area (Å²) in [7, 11) is 1.98. The van der Waals surface area contributed by atoms with Gasteiger partial charge in [0, 0.05) is 31.4 Å². The second-order valence-electron chi connectivity index (χ2n) is 9.44. The molecule has 32 heavy (non-hydrogen) atoms. The maximum Gasteiger partial charge on any atom is 0.416 e. The SMILES string of the molecule is CC(C)[C@@H](N)C(=O)N1CCC([C@H]2C[C@H](C(=O)Nc3cccc(C(F)(F)F)c3)CN2C)CC1. The maximum atomic E-state index is 12.9. The number of amides is 2. The molecule has 178 valence electrons. The average Bonchev–Trinajstić information content (AvgIpc) is 3.14. The first-order valence-electron chi connectivity index (χ1n) is 11.2. The summed E-state index contributed by atoms with van der Waals surface area (Å²) in [4.78, 5) is 29.3. The molecule has 9 heteroatoms. The van der Waals surface area contributed by atoms with Crippen LogP contribution in [0.15, 0.2) is 24.3 Å². The molecule has 0 aromatic heterocycles. The van der Waals surface area contributed by atoms with Crippen molar-refractivity contribution in [2.24, 2.45) is 23.5 Å². The molecule has 2 aliphatic heterocycles. The summed E-state index contributed by atoms with van der Waals surface area (Å²) < 4.78 is 38.8. The highest BCUT2D eigenvalue weighted by atomic mass is 19.4. The van der Waals surface area contributed by atoms with E-state index < -0.39 is 17.8 Å². The second-order valence-corrected chi connectivity index (χ2v) is 9.44. The number of alkyl halides is 3. The zero-order chi connectivity index (χ0) is 23.6. The Bertz CT molecular complexity index is 822. The molecule has 1 aromatic rings. The molecule has 6 nitrogen and oxygen atoms in total. The van der Waals surface area contributed by atoms with E-state index in [4.69, 9.17) is 5.73 Å². The van der Waals surface area contributed by atoms with E-state index in [9.17, 15) is 22.8 Å². The normalized spacial score (nSPS) is 24.1. The van der Waals surface area contributed by atoms with Crippen LogP contribution in [0.4, 0.5) is 18.9 Å². The Morgan fingerprint density at radius 1 is 1.19 bits per heavy atom. The summed E-state index contributed by atoms with van der Waals surface area (Å²) in [5.41, 5.74) is 5.39. The third-order valence-corrected chi connectivity index (χ3v) is 6.83. The van der Waals surface area contributed by atoms with Crippen molar-refractivity contribution in [2.75, 3.05) is 32.0 Å². The highest BCUT2D eigenvalue weighted by Gasteiger charge is 2.40. The minimum absolute atomic E-state index is 0.00318. The second kappa shape index (κ2) is 9.79. The Balaban J connectivity index is 1.55. The summed E-state index contributed by atoms with van der Waals surface area (Å²) in [6, 6.07) is 4.44. The van der Waals surface area contributed by atoms with Crippen LogP contribution in [0.2, 0.25) is 0 Å². The standard InChI is InChI=1S/C23H33F3N4O2/c1-14(2)20(27)22(32)30-9-7-15(8-10-30)19-11-16(13-29(19)3)21(31)28-18-6-4-5-17(12-18)23(24,25)26/h4-6,12,14-16,19-20H,7-11,13,27H2,1-3H3,(H,28,31)/t16-,19+,20+/m0/s1. The molecule has 0 spiro atoms. The van der Waals surface area contributed by atoms with Crippen molar-refractivity contribution < 1.29 is 22.8 Å². The number of hydrogen-bond acceptors (Lipinski definition) is 4. The van der Waals surface area contributed by atoms with E-state index in [1.54, 1.807) is 0 Å². The van der Waals surface area contributed by atoms with E-state index in [0.717, 1.165) is 25.0 Å². The number of rotatable bonds is 5. The van der Waals surface area contributed by atoms with E-state index in [2.05, 4.69) is 10.2 Å². The average molecular weight is 455 g/mol. The first kappa shape index (κ1) is 24.5. The monoisotopic (exact) mass is 454 g/mol. The molecule has 0 saturated carbocycles. The number of hydrogen-bond donors (Lipinski definition) is 2. The molecule has 2 saturated heterocycles. The number of nitrogens with one attached hydrogen (secondary N) is 1. The third kappa shape index (κ3) is 5.61. The summed E-state index contributed by atoms with van der Waals surface area (Å²) >= 11 is 0. The van der Waals surface area contributed by atoms with Gasteiger partial charge in [0.15, 0.2) is 0 Å². The quantitative estimate of drug-likeness (QED) is 0.716. The molecule has 3 rings (SSSR count). The van der Waals surface area contributed by atoms with Crippen molar-refractivity contribution in [1.29, 1.82) is 0 Å². The predicted molar refractivity (Wildman–Crippen MR) is 117 cm³/mol. The molecule has 3 N–H and O–H groups in total. The largest absolute Gasteiger partial charge is 0.416 e. The molecular formula is C23H33F3N4O2. The number of benzene rings is 1. The van der Waals surface area contributed by atoms with Gasteiger partial charge >= 0.3 is 6.18 Å². The Kier molecular flexibility index (Phi) is 7.50. The van der Waals surface area contributed by atoms with Gasteiger partial charge in [-0.1, -0.05) is 19.9 Å². The Morgan fingerprint density at radius 3 is 2.44 bits per heavy atom. The number of carbonyl (C=O) groups is 2. The zero-order valence-electron chi connectivity index (χ0n) is 18.9. The van der Waals surface area contributed by atoms with Crippen LogP contribution in [0.25, 0.3) is 0 Å². The highest BCUT2D eigenvalue weighted by Crippen LogP contribution is 2.34. The van der Waals surface area contributed by atoms with E-state index in [1.807, 2.05) is 25.8 Å². The lowest BCUT2D eigenvalue weighted by molar-refractivity contribution is -0.137. The molecule has 0 aliphatic carbocycles. The van der Waals surface area contributed by atoms with Crippen LogP contribution in [0.5, 0.6) is 0 Å². The first-order valence-corrected chi connectivity index (χ1v) is 11.2. The lowest BCUT2D eigenvalue weighted by Crippen LogP contribution is -2.50. The van der Waals surface area contributed by atoms with E-state index in [0.29, 0.717) is 32.0 Å². The van der Waals surface area contributed by atoms with Crippen LogP contribution in [0.1, 0.15) is 38.7 Å². The first-order chi connectivity index (χ1) is 15.0. The van der Waals surface area contributed by atoms with E-state index in [1.165, 1.54) is 12.1 Å². The minimum Gasteiger partial charge on any atom is -0.341 e. The van der Waals surface area contributed by atoms with Gasteiger partial charge in [0.25, 0.3) is 0 Å². The molecule has 0 radical (unpaired) electrons. The molecule has 2 fully saturated rings. The van der Waals surface area contributed by atoms with Gasteiger partial charge in [-0.2, -0.15) is 13.2 Å². The number of halogens is 3. The van der Waals surface area contributed by atoms with Gasteiger partial charge in [-0.05, 0) is 56.3 Å². The number of likely N-dealkylation sites (tertiary alicyclic amines) is 2. The number of nitrogens with two attached hydrogens (primary N) is 1. The Hall–Kier alpha value is -2.13. The van der Waals surface area contributed by atoms with E-state index >= 15 is 0 Å². The van der Waals surface area contributed by atoms with Gasteiger partial charge in [0.2, 0.25) is 11.8 Å². The van der Waals surface area contributed by atoms with Gasteiger partial charge in [-0.25, -0.2) is 0 Å². The van der Waals surface area contributed by atoms with Crippen LogP contribution >= 0.6 is 0 Å². The molecule has 0 bridgehead atoms. The fourth-order valence-electron chi connectivity index (χ4n) is 4.79. The van der Waals surface area contributed by atoms with Crippen LogP contribution in [-0.4, -0.2) is 60.4 Å². The van der Waals surface area contributed by atoms with E-state index in [-0.39, 0.29) is 35.4 Å². The topological polar surface area (TPSA) is 78.7 Å². The van der Waals surface area contributed by atoms with Gasteiger partial charge in [-0.3, -0.25) is 9.59 Å². The summed E-state index contributed by atoms with van der Waals surface area (Å²) in [6.07, 6.45) is -2.08. The lowest BCUT2D eigenvalue weighted by atomic mass is 9.86. The third-order valence-electron chi connectivity index (χ3n) is 6.83. The number of piperidine rings is 1. The molecule has 2 amide bonds. The summed E-state index contributed by atoms with van der Waals surface area (Å²) in [6.45, 7) is 5.76. The van der Waals surface area contributed by atoms with Crippen LogP contribution < -0.4 is 11.1 Å². The summed E-state index contributed by atoms with van der Waals surface area (Å²) in [5.74, 6) is -0.0812. The van der Waals surface area contributed by atoms with Crippen molar-refractivity contribution >= 4 is 17.5 Å². The van der Waals surface area contributed by atoms with Crippen LogP contribution in [0, 0.1) is 17.8 Å². The number of anilines is 1. The highest BCUT2D eigenvalue weighted by molar-refractivity contribution is 5.93. The van der Waals surface area contributed by atoms with Crippen molar-refractivity contribution in [2.45, 2.75) is 51.4 Å². The lowest BCUT2D eigenvalue weighted by Gasteiger charge is -2.38.